The third kappa shape index (κ3) is 2.99. The van der Waals surface area contributed by atoms with Gasteiger partial charge in [-0.2, -0.15) is 0 Å². The Balaban J connectivity index is 2.47. The molecule has 2 aromatic rings. The number of rotatable bonds is 6. The molecular formula is C14H19ClN2O2S. The van der Waals surface area contributed by atoms with Gasteiger partial charge in [-0.15, -0.1) is 11.6 Å². The van der Waals surface area contributed by atoms with E-state index >= 15 is 0 Å². The zero-order valence-electron chi connectivity index (χ0n) is 11.9. The smallest absolute Gasteiger partial charge is 0.146 e. The van der Waals surface area contributed by atoms with Gasteiger partial charge in [-0.05, 0) is 25.5 Å². The van der Waals surface area contributed by atoms with E-state index in [1.807, 2.05) is 18.2 Å². The SMILES string of the molecule is COc1cccc2c1nc(CCl)n2C(C)CCS(C)=O. The molecule has 0 aliphatic heterocycles. The predicted molar refractivity (Wildman–Crippen MR) is 84.1 cm³/mol. The molecule has 2 rings (SSSR count). The van der Waals surface area contributed by atoms with Crippen LogP contribution in [0.4, 0.5) is 0 Å². The van der Waals surface area contributed by atoms with Gasteiger partial charge < -0.3 is 9.30 Å². The molecule has 0 aliphatic rings. The lowest BCUT2D eigenvalue weighted by Gasteiger charge is -2.16. The molecule has 1 aromatic carbocycles. The predicted octanol–water partition coefficient (Wildman–Crippen LogP) is 3.11. The zero-order chi connectivity index (χ0) is 14.7. The van der Waals surface area contributed by atoms with Crippen molar-refractivity contribution in [3.63, 3.8) is 0 Å². The van der Waals surface area contributed by atoms with Crippen LogP contribution in [0.25, 0.3) is 11.0 Å². The van der Waals surface area contributed by atoms with E-state index in [4.69, 9.17) is 16.3 Å². The molecule has 1 heterocycles. The van der Waals surface area contributed by atoms with Gasteiger partial charge in [0, 0.05) is 28.9 Å². The van der Waals surface area contributed by atoms with Crippen LogP contribution in [0.15, 0.2) is 18.2 Å². The van der Waals surface area contributed by atoms with Crippen LogP contribution in [0.1, 0.15) is 25.2 Å². The molecule has 1 aromatic heterocycles. The lowest BCUT2D eigenvalue weighted by Crippen LogP contribution is -2.11. The Hall–Kier alpha value is -1.07. The second-order valence-electron chi connectivity index (χ2n) is 4.77. The van der Waals surface area contributed by atoms with Gasteiger partial charge in [0.05, 0.1) is 18.5 Å². The summed E-state index contributed by atoms with van der Waals surface area (Å²) in [6, 6.07) is 6.05. The maximum atomic E-state index is 11.3. The molecular weight excluding hydrogens is 296 g/mol. The maximum absolute atomic E-state index is 11.3. The number of imidazole rings is 1. The fraction of sp³-hybridized carbons (Fsp3) is 0.500. The van der Waals surface area contributed by atoms with Crippen LogP contribution in [-0.4, -0.2) is 32.9 Å². The molecule has 2 unspecified atom stereocenters. The Morgan fingerprint density at radius 1 is 1.50 bits per heavy atom. The number of methoxy groups -OCH3 is 1. The summed E-state index contributed by atoms with van der Waals surface area (Å²) in [6.07, 6.45) is 2.56. The molecule has 20 heavy (non-hydrogen) atoms. The first-order chi connectivity index (χ1) is 9.58. The minimum atomic E-state index is -0.787. The minimum absolute atomic E-state index is 0.199. The van der Waals surface area contributed by atoms with Crippen LogP contribution in [0, 0.1) is 0 Å². The number of fused-ring (bicyclic) bond motifs is 1. The summed E-state index contributed by atoms with van der Waals surface area (Å²) in [7, 11) is 0.849. The van der Waals surface area contributed by atoms with Gasteiger partial charge in [0.2, 0.25) is 0 Å². The van der Waals surface area contributed by atoms with E-state index in [1.54, 1.807) is 13.4 Å². The minimum Gasteiger partial charge on any atom is -0.494 e. The molecule has 110 valence electrons. The topological polar surface area (TPSA) is 44.1 Å². The number of ether oxygens (including phenoxy) is 1. The Morgan fingerprint density at radius 2 is 2.25 bits per heavy atom. The van der Waals surface area contributed by atoms with Crippen molar-refractivity contribution in [1.82, 2.24) is 9.55 Å². The normalized spacial score (nSPS) is 14.4. The average Bonchev–Trinajstić information content (AvgIpc) is 2.82. The molecule has 0 saturated carbocycles. The number of benzene rings is 1. The van der Waals surface area contributed by atoms with Crippen LogP contribution in [0.2, 0.25) is 0 Å². The molecule has 0 aliphatic carbocycles. The standard InChI is InChI=1S/C14H19ClN2O2S/c1-10(7-8-20(3)18)17-11-5-4-6-12(19-2)14(11)16-13(17)9-15/h4-6,10H,7-9H2,1-3H3. The van der Waals surface area contributed by atoms with Gasteiger partial charge in [0.25, 0.3) is 0 Å². The van der Waals surface area contributed by atoms with E-state index in [0.717, 1.165) is 29.0 Å². The molecule has 0 amide bonds. The fourth-order valence-electron chi connectivity index (χ4n) is 2.36. The van der Waals surface area contributed by atoms with Crippen molar-refractivity contribution in [1.29, 1.82) is 0 Å². The van der Waals surface area contributed by atoms with E-state index < -0.39 is 10.8 Å². The van der Waals surface area contributed by atoms with Crippen molar-refractivity contribution in [2.45, 2.75) is 25.3 Å². The number of alkyl halides is 1. The van der Waals surface area contributed by atoms with Gasteiger partial charge >= 0.3 is 0 Å². The summed E-state index contributed by atoms with van der Waals surface area (Å²) in [5.41, 5.74) is 1.84. The molecule has 0 radical (unpaired) electrons. The highest BCUT2D eigenvalue weighted by molar-refractivity contribution is 7.84. The van der Waals surface area contributed by atoms with Gasteiger partial charge in [-0.3, -0.25) is 4.21 Å². The Labute approximate surface area is 126 Å². The zero-order valence-corrected chi connectivity index (χ0v) is 13.5. The van der Waals surface area contributed by atoms with E-state index in [2.05, 4.69) is 16.5 Å². The molecule has 0 N–H and O–H groups in total. The third-order valence-electron chi connectivity index (χ3n) is 3.36. The Morgan fingerprint density at radius 3 is 2.85 bits per heavy atom. The first-order valence-electron chi connectivity index (χ1n) is 6.48. The van der Waals surface area contributed by atoms with Crippen molar-refractivity contribution in [2.24, 2.45) is 0 Å². The third-order valence-corrected chi connectivity index (χ3v) is 4.41. The number of hydrogen-bond donors (Lipinski definition) is 0. The summed E-state index contributed by atoms with van der Waals surface area (Å²) < 4.78 is 18.7. The highest BCUT2D eigenvalue weighted by atomic mass is 35.5. The van der Waals surface area contributed by atoms with Crippen molar-refractivity contribution < 1.29 is 8.95 Å². The fourth-order valence-corrected chi connectivity index (χ4v) is 3.22. The maximum Gasteiger partial charge on any atom is 0.146 e. The molecule has 0 bridgehead atoms. The lowest BCUT2D eigenvalue weighted by molar-refractivity contribution is 0.419. The molecule has 0 saturated heterocycles. The van der Waals surface area contributed by atoms with Gasteiger partial charge in [-0.1, -0.05) is 6.07 Å². The first kappa shape index (κ1) is 15.3. The Kier molecular flexibility index (Phi) is 5.05. The average molecular weight is 315 g/mol. The summed E-state index contributed by atoms with van der Waals surface area (Å²) in [6.45, 7) is 2.10. The lowest BCUT2D eigenvalue weighted by atomic mass is 10.2. The monoisotopic (exact) mass is 314 g/mol. The summed E-state index contributed by atoms with van der Waals surface area (Å²) in [4.78, 5) is 4.58. The second-order valence-corrected chi connectivity index (χ2v) is 6.60. The van der Waals surface area contributed by atoms with Crippen molar-refractivity contribution in [3.05, 3.63) is 24.0 Å². The number of nitrogens with zero attached hydrogens (tertiary/aromatic N) is 2. The molecule has 6 heteroatoms. The van der Waals surface area contributed by atoms with Gasteiger partial charge in [0.1, 0.15) is 17.1 Å². The second kappa shape index (κ2) is 6.59. The molecule has 0 fully saturated rings. The summed E-state index contributed by atoms with van der Waals surface area (Å²) >= 11 is 6.02. The quantitative estimate of drug-likeness (QED) is 0.770. The largest absolute Gasteiger partial charge is 0.494 e. The van der Waals surface area contributed by atoms with E-state index in [-0.39, 0.29) is 6.04 Å². The number of aromatic nitrogens is 2. The van der Waals surface area contributed by atoms with E-state index in [1.165, 1.54) is 0 Å². The van der Waals surface area contributed by atoms with Crippen molar-refractivity contribution in [3.8, 4) is 5.75 Å². The van der Waals surface area contributed by atoms with Crippen LogP contribution < -0.4 is 4.74 Å². The Bertz CT molecular complexity index is 627. The van der Waals surface area contributed by atoms with Crippen molar-refractivity contribution in [2.75, 3.05) is 19.1 Å². The van der Waals surface area contributed by atoms with E-state index in [0.29, 0.717) is 11.6 Å². The molecule has 2 atom stereocenters. The highest BCUT2D eigenvalue weighted by Crippen LogP contribution is 2.30. The highest BCUT2D eigenvalue weighted by Gasteiger charge is 2.17. The number of para-hydroxylation sites is 1. The summed E-state index contributed by atoms with van der Waals surface area (Å²) in [5, 5.41) is 0. The van der Waals surface area contributed by atoms with Crippen molar-refractivity contribution >= 4 is 33.4 Å². The van der Waals surface area contributed by atoms with Crippen LogP contribution >= 0.6 is 11.6 Å². The summed E-state index contributed by atoms with van der Waals surface area (Å²) in [5.74, 6) is 2.59. The number of halogens is 1. The number of hydrogen-bond acceptors (Lipinski definition) is 3. The van der Waals surface area contributed by atoms with Gasteiger partial charge in [-0.25, -0.2) is 4.98 Å². The van der Waals surface area contributed by atoms with Crippen LogP contribution in [0.3, 0.4) is 0 Å². The first-order valence-corrected chi connectivity index (χ1v) is 8.74. The van der Waals surface area contributed by atoms with Crippen LogP contribution in [0.5, 0.6) is 5.75 Å². The van der Waals surface area contributed by atoms with Gasteiger partial charge in [0.15, 0.2) is 0 Å². The molecule has 4 nitrogen and oxygen atoms in total. The van der Waals surface area contributed by atoms with Crippen LogP contribution in [-0.2, 0) is 16.7 Å². The van der Waals surface area contributed by atoms with E-state index in [9.17, 15) is 4.21 Å². The molecule has 0 spiro atoms.